The van der Waals surface area contributed by atoms with E-state index in [1.807, 2.05) is 30.3 Å². The summed E-state index contributed by atoms with van der Waals surface area (Å²) in [6, 6.07) is 19.5. The normalized spacial score (nSPS) is 22.9. The van der Waals surface area contributed by atoms with E-state index >= 15 is 0 Å². The first-order chi connectivity index (χ1) is 15.0. The van der Waals surface area contributed by atoms with Crippen LogP contribution in [-0.2, 0) is 14.4 Å². The van der Waals surface area contributed by atoms with E-state index in [2.05, 4.69) is 0 Å². The lowest BCUT2D eigenvalue weighted by Gasteiger charge is -2.28. The average molecular weight is 457 g/mol. The summed E-state index contributed by atoms with van der Waals surface area (Å²) in [5.74, 6) is -2.53. The lowest BCUT2D eigenvalue weighted by atomic mass is 9.90. The maximum atomic E-state index is 14.0. The van der Waals surface area contributed by atoms with Crippen molar-refractivity contribution in [3.8, 4) is 0 Å². The minimum absolute atomic E-state index is 0.0893. The lowest BCUT2D eigenvalue weighted by Crippen LogP contribution is -2.37. The number of fused-ring (bicyclic) bond motifs is 1. The van der Waals surface area contributed by atoms with Crippen LogP contribution < -0.4 is 9.96 Å². The summed E-state index contributed by atoms with van der Waals surface area (Å²) in [5, 5.41) is 2.06. The Balaban J connectivity index is 1.58. The highest BCUT2D eigenvalue weighted by molar-refractivity contribution is 6.31. The number of rotatable bonds is 3. The SMILES string of the molecule is O=C1[C@H]2[C@@H](c3ccc(Cl)cc3)N(c3ccccc3)O[C@H]2C(=O)N1c1ccc(Cl)c(F)c1. The number of imide groups is 1. The lowest BCUT2D eigenvalue weighted by molar-refractivity contribution is -0.126. The van der Waals surface area contributed by atoms with Gasteiger partial charge in [0.1, 0.15) is 11.7 Å². The van der Waals surface area contributed by atoms with Crippen molar-refractivity contribution in [2.45, 2.75) is 12.1 Å². The van der Waals surface area contributed by atoms with Gasteiger partial charge in [-0.1, -0.05) is 53.5 Å². The van der Waals surface area contributed by atoms with Crippen LogP contribution in [0.3, 0.4) is 0 Å². The Bertz CT molecular complexity index is 1170. The molecule has 5 rings (SSSR count). The van der Waals surface area contributed by atoms with Crippen LogP contribution in [-0.4, -0.2) is 17.9 Å². The van der Waals surface area contributed by atoms with Gasteiger partial charge in [0.2, 0.25) is 5.91 Å². The minimum atomic E-state index is -1.04. The van der Waals surface area contributed by atoms with Crippen molar-refractivity contribution in [2.75, 3.05) is 9.96 Å². The fraction of sp³-hybridized carbons (Fsp3) is 0.130. The van der Waals surface area contributed by atoms with Crippen molar-refractivity contribution < 1.29 is 18.8 Å². The molecule has 0 radical (unpaired) electrons. The van der Waals surface area contributed by atoms with Gasteiger partial charge in [-0.3, -0.25) is 14.4 Å². The summed E-state index contributed by atoms with van der Waals surface area (Å²) in [4.78, 5) is 33.6. The highest BCUT2D eigenvalue weighted by Gasteiger charge is 2.60. The first kappa shape index (κ1) is 20.0. The Kier molecular flexibility index (Phi) is 4.93. The van der Waals surface area contributed by atoms with Gasteiger partial charge in [0, 0.05) is 5.02 Å². The van der Waals surface area contributed by atoms with Gasteiger partial charge >= 0.3 is 0 Å². The quantitative estimate of drug-likeness (QED) is 0.509. The molecule has 5 nitrogen and oxygen atoms in total. The summed E-state index contributed by atoms with van der Waals surface area (Å²) in [6.45, 7) is 0. The molecule has 0 bridgehead atoms. The molecule has 2 heterocycles. The first-order valence-corrected chi connectivity index (χ1v) is 10.3. The number of carbonyl (C=O) groups excluding carboxylic acids is 2. The monoisotopic (exact) mass is 456 g/mol. The van der Waals surface area contributed by atoms with Crippen LogP contribution in [0.25, 0.3) is 0 Å². The van der Waals surface area contributed by atoms with Crippen molar-refractivity contribution in [2.24, 2.45) is 5.92 Å². The molecule has 156 valence electrons. The van der Waals surface area contributed by atoms with Gasteiger partial charge in [-0.15, -0.1) is 0 Å². The molecule has 3 aromatic carbocycles. The third kappa shape index (κ3) is 3.28. The van der Waals surface area contributed by atoms with Gasteiger partial charge in [-0.2, -0.15) is 0 Å². The van der Waals surface area contributed by atoms with Crippen LogP contribution in [0.1, 0.15) is 11.6 Å². The molecule has 31 heavy (non-hydrogen) atoms. The number of anilines is 2. The molecule has 0 saturated carbocycles. The first-order valence-electron chi connectivity index (χ1n) is 9.55. The van der Waals surface area contributed by atoms with E-state index in [1.165, 1.54) is 12.1 Å². The second-order valence-electron chi connectivity index (χ2n) is 7.32. The largest absolute Gasteiger partial charge is 0.273 e. The summed E-state index contributed by atoms with van der Waals surface area (Å²) >= 11 is 11.8. The number of hydrogen-bond acceptors (Lipinski definition) is 4. The van der Waals surface area contributed by atoms with Gasteiger partial charge < -0.3 is 0 Å². The standard InChI is InChI=1S/C23H15Cl2FN2O3/c24-14-8-6-13(7-9-14)20-19-21(31-28(20)15-4-2-1-3-5-15)23(30)27(22(19)29)16-10-11-17(25)18(26)12-16/h1-12,19-21H/t19-,20+,21+/m0/s1. The molecule has 2 aliphatic rings. The van der Waals surface area contributed by atoms with Crippen molar-refractivity contribution in [3.05, 3.63) is 94.2 Å². The van der Waals surface area contributed by atoms with Crippen molar-refractivity contribution in [1.29, 1.82) is 0 Å². The van der Waals surface area contributed by atoms with Gasteiger partial charge in [0.15, 0.2) is 6.10 Å². The Hall–Kier alpha value is -2.93. The van der Waals surface area contributed by atoms with Crippen molar-refractivity contribution in [1.82, 2.24) is 0 Å². The fourth-order valence-corrected chi connectivity index (χ4v) is 4.33. The number of benzene rings is 3. The van der Waals surface area contributed by atoms with Crippen molar-refractivity contribution in [3.63, 3.8) is 0 Å². The van der Waals surface area contributed by atoms with E-state index in [0.717, 1.165) is 16.5 Å². The van der Waals surface area contributed by atoms with Crippen LogP contribution in [0.4, 0.5) is 15.8 Å². The zero-order valence-corrected chi connectivity index (χ0v) is 17.4. The number of para-hydroxylation sites is 1. The Morgan fingerprint density at radius 2 is 1.55 bits per heavy atom. The number of halogens is 3. The number of amides is 2. The second kappa shape index (κ2) is 7.64. The molecule has 2 saturated heterocycles. The molecule has 8 heteroatoms. The molecule has 0 aliphatic carbocycles. The van der Waals surface area contributed by atoms with E-state index in [0.29, 0.717) is 10.7 Å². The maximum Gasteiger partial charge on any atom is 0.266 e. The topological polar surface area (TPSA) is 49.9 Å². The van der Waals surface area contributed by atoms with Crippen LogP contribution in [0.15, 0.2) is 72.8 Å². The minimum Gasteiger partial charge on any atom is -0.273 e. The molecule has 3 atom stereocenters. The van der Waals surface area contributed by atoms with Gasteiger partial charge in [-0.25, -0.2) is 14.4 Å². The summed E-state index contributed by atoms with van der Waals surface area (Å²) in [5.41, 5.74) is 1.60. The molecular formula is C23H15Cl2FN2O3. The molecule has 0 spiro atoms. The summed E-state index contributed by atoms with van der Waals surface area (Å²) < 4.78 is 14.0. The molecule has 0 N–H and O–H groups in total. The third-order valence-electron chi connectivity index (χ3n) is 5.50. The van der Waals surface area contributed by atoms with E-state index in [1.54, 1.807) is 29.3 Å². The maximum absolute atomic E-state index is 14.0. The highest BCUT2D eigenvalue weighted by Crippen LogP contribution is 2.47. The molecule has 0 unspecified atom stereocenters. The van der Waals surface area contributed by atoms with Gasteiger partial charge in [-0.05, 0) is 48.0 Å². The number of nitrogens with zero attached hydrogens (tertiary/aromatic N) is 2. The molecule has 2 amide bonds. The number of carbonyl (C=O) groups is 2. The average Bonchev–Trinajstić information content (AvgIpc) is 3.28. The van der Waals surface area contributed by atoms with Gasteiger partial charge in [0.05, 0.1) is 22.4 Å². The molecular weight excluding hydrogens is 442 g/mol. The predicted octanol–water partition coefficient (Wildman–Crippen LogP) is 5.18. The number of hydroxylamine groups is 1. The zero-order chi connectivity index (χ0) is 21.7. The van der Waals surface area contributed by atoms with Crippen molar-refractivity contribution >= 4 is 46.4 Å². The van der Waals surface area contributed by atoms with E-state index in [9.17, 15) is 14.0 Å². The van der Waals surface area contributed by atoms with Gasteiger partial charge in [0.25, 0.3) is 5.91 Å². The number of hydrogen-bond donors (Lipinski definition) is 0. The van der Waals surface area contributed by atoms with E-state index < -0.39 is 35.7 Å². The Morgan fingerprint density at radius 1 is 0.839 bits per heavy atom. The smallest absolute Gasteiger partial charge is 0.266 e. The summed E-state index contributed by atoms with van der Waals surface area (Å²) in [6.07, 6.45) is -1.04. The molecule has 3 aromatic rings. The van der Waals surface area contributed by atoms with Crippen LogP contribution >= 0.6 is 23.2 Å². The Morgan fingerprint density at radius 3 is 2.23 bits per heavy atom. The summed E-state index contributed by atoms with van der Waals surface area (Å²) in [7, 11) is 0. The zero-order valence-electron chi connectivity index (χ0n) is 15.9. The van der Waals surface area contributed by atoms with E-state index in [4.69, 9.17) is 28.0 Å². The molecule has 0 aromatic heterocycles. The van der Waals surface area contributed by atoms with E-state index in [-0.39, 0.29) is 10.7 Å². The Labute approximate surface area is 187 Å². The molecule has 2 fully saturated rings. The second-order valence-corrected chi connectivity index (χ2v) is 8.16. The van der Waals surface area contributed by atoms with Crippen LogP contribution in [0, 0.1) is 11.7 Å². The fourth-order valence-electron chi connectivity index (χ4n) is 4.09. The molecule has 2 aliphatic heterocycles. The predicted molar refractivity (Wildman–Crippen MR) is 115 cm³/mol. The van der Waals surface area contributed by atoms with Crippen LogP contribution in [0.2, 0.25) is 10.0 Å². The third-order valence-corrected chi connectivity index (χ3v) is 6.06. The highest BCUT2D eigenvalue weighted by atomic mass is 35.5. The van der Waals surface area contributed by atoms with Crippen LogP contribution in [0.5, 0.6) is 0 Å².